The van der Waals surface area contributed by atoms with Gasteiger partial charge in [0.25, 0.3) is 0 Å². The Morgan fingerprint density at radius 1 is 1.71 bits per heavy atom. The number of rotatable bonds is 4. The summed E-state index contributed by atoms with van der Waals surface area (Å²) in [5.74, 6) is 0.810. The number of hydrogen-bond acceptors (Lipinski definition) is 4. The minimum absolute atomic E-state index is 0.370. The molecule has 2 N–H and O–H groups in total. The van der Waals surface area contributed by atoms with E-state index in [4.69, 9.17) is 11.0 Å². The molecule has 0 radical (unpaired) electrons. The molecule has 0 aliphatic carbocycles. The van der Waals surface area contributed by atoms with E-state index in [0.29, 0.717) is 6.42 Å². The summed E-state index contributed by atoms with van der Waals surface area (Å²) in [5, 5.41) is 9.42. The van der Waals surface area contributed by atoms with Crippen LogP contribution >= 0.6 is 27.7 Å². The lowest BCUT2D eigenvalue weighted by atomic mass is 10.3. The van der Waals surface area contributed by atoms with E-state index < -0.39 is 0 Å². The van der Waals surface area contributed by atoms with E-state index in [1.807, 2.05) is 18.2 Å². The number of thioether (sulfide) groups is 1. The Hall–Kier alpha value is -0.570. The average Bonchev–Trinajstić information content (AvgIpc) is 2.20. The monoisotopic (exact) mass is 271 g/mol. The third kappa shape index (κ3) is 3.66. The average molecular weight is 272 g/mol. The molecular weight excluding hydrogens is 262 g/mol. The smallest absolute Gasteiger partial charge is 0.110 e. The predicted octanol–water partition coefficient (Wildman–Crippen LogP) is 2.18. The Morgan fingerprint density at radius 2 is 2.50 bits per heavy atom. The molecule has 5 heteroatoms. The van der Waals surface area contributed by atoms with Crippen LogP contribution in [0.1, 0.15) is 6.42 Å². The van der Waals surface area contributed by atoms with Gasteiger partial charge in [0, 0.05) is 16.4 Å². The molecule has 0 aliphatic heterocycles. The zero-order valence-electron chi connectivity index (χ0n) is 7.48. The molecule has 0 bridgehead atoms. The Labute approximate surface area is 95.8 Å². The van der Waals surface area contributed by atoms with Crippen molar-refractivity contribution < 1.29 is 0 Å². The van der Waals surface area contributed by atoms with Crippen molar-refractivity contribution in [3.8, 4) is 6.07 Å². The van der Waals surface area contributed by atoms with Crippen molar-refractivity contribution in [1.29, 1.82) is 5.26 Å². The SMILES string of the molecule is N#CC(N)CCSc1ncccc1Br. The van der Waals surface area contributed by atoms with Crippen LogP contribution < -0.4 is 5.73 Å². The zero-order valence-corrected chi connectivity index (χ0v) is 9.88. The molecule has 14 heavy (non-hydrogen) atoms. The lowest BCUT2D eigenvalue weighted by Crippen LogP contribution is -2.17. The van der Waals surface area contributed by atoms with Crippen molar-refractivity contribution >= 4 is 27.7 Å². The van der Waals surface area contributed by atoms with E-state index in [9.17, 15) is 0 Å². The van der Waals surface area contributed by atoms with E-state index in [0.717, 1.165) is 15.3 Å². The predicted molar refractivity (Wildman–Crippen MR) is 60.9 cm³/mol. The second-order valence-electron chi connectivity index (χ2n) is 2.66. The molecular formula is C9H10BrN3S. The van der Waals surface area contributed by atoms with Crippen LogP contribution in [0, 0.1) is 11.3 Å². The summed E-state index contributed by atoms with van der Waals surface area (Å²) in [5.41, 5.74) is 5.47. The lowest BCUT2D eigenvalue weighted by Gasteiger charge is -2.03. The fourth-order valence-corrected chi connectivity index (χ4v) is 2.33. The summed E-state index contributed by atoms with van der Waals surface area (Å²) in [6.45, 7) is 0. The lowest BCUT2D eigenvalue weighted by molar-refractivity contribution is 0.802. The van der Waals surface area contributed by atoms with Gasteiger partial charge in [0.1, 0.15) is 5.03 Å². The van der Waals surface area contributed by atoms with Gasteiger partial charge < -0.3 is 5.73 Å². The molecule has 0 aliphatic rings. The highest BCUT2D eigenvalue weighted by Gasteiger charge is 2.03. The molecule has 0 saturated carbocycles. The van der Waals surface area contributed by atoms with Gasteiger partial charge in [-0.25, -0.2) is 4.98 Å². The maximum Gasteiger partial charge on any atom is 0.110 e. The molecule has 3 nitrogen and oxygen atoms in total. The van der Waals surface area contributed by atoms with Gasteiger partial charge in [-0.15, -0.1) is 11.8 Å². The Balaban J connectivity index is 2.40. The van der Waals surface area contributed by atoms with Gasteiger partial charge in [-0.1, -0.05) is 0 Å². The molecule has 1 unspecified atom stereocenters. The normalized spacial score (nSPS) is 12.1. The minimum Gasteiger partial charge on any atom is -0.316 e. The van der Waals surface area contributed by atoms with E-state index in [2.05, 4.69) is 20.9 Å². The summed E-state index contributed by atoms with van der Waals surface area (Å²) in [4.78, 5) is 4.19. The second-order valence-corrected chi connectivity index (χ2v) is 4.60. The van der Waals surface area contributed by atoms with Crippen LogP contribution in [0.15, 0.2) is 27.8 Å². The number of halogens is 1. The topological polar surface area (TPSA) is 62.7 Å². The molecule has 0 fully saturated rings. The Morgan fingerprint density at radius 3 is 3.14 bits per heavy atom. The van der Waals surface area contributed by atoms with Gasteiger partial charge in [0.15, 0.2) is 0 Å². The van der Waals surface area contributed by atoms with Crippen LogP contribution in [0.25, 0.3) is 0 Å². The fraction of sp³-hybridized carbons (Fsp3) is 0.333. The summed E-state index contributed by atoms with van der Waals surface area (Å²) < 4.78 is 0.982. The van der Waals surface area contributed by atoms with Gasteiger partial charge in [-0.05, 0) is 34.5 Å². The van der Waals surface area contributed by atoms with Crippen molar-refractivity contribution in [2.24, 2.45) is 5.73 Å². The fourth-order valence-electron chi connectivity index (χ4n) is 0.825. The van der Waals surface area contributed by atoms with Crippen molar-refractivity contribution in [3.05, 3.63) is 22.8 Å². The van der Waals surface area contributed by atoms with Gasteiger partial charge in [0.05, 0.1) is 12.1 Å². The highest BCUT2D eigenvalue weighted by molar-refractivity contribution is 9.10. The summed E-state index contributed by atoms with van der Waals surface area (Å²) >= 11 is 5.00. The number of nitriles is 1. The number of hydrogen-bond donors (Lipinski definition) is 1. The second kappa shape index (κ2) is 6.02. The van der Waals surface area contributed by atoms with Gasteiger partial charge in [-0.2, -0.15) is 5.26 Å². The number of nitrogens with zero attached hydrogens (tertiary/aromatic N) is 2. The Kier molecular flexibility index (Phi) is 4.94. The van der Waals surface area contributed by atoms with Crippen LogP contribution in [-0.4, -0.2) is 16.8 Å². The first-order valence-corrected chi connectivity index (χ1v) is 5.90. The van der Waals surface area contributed by atoms with Crippen LogP contribution in [0.2, 0.25) is 0 Å². The first-order valence-electron chi connectivity index (χ1n) is 4.12. The highest BCUT2D eigenvalue weighted by Crippen LogP contribution is 2.24. The van der Waals surface area contributed by atoms with Crippen molar-refractivity contribution in [2.75, 3.05) is 5.75 Å². The maximum atomic E-state index is 8.48. The number of nitrogens with two attached hydrogens (primary N) is 1. The highest BCUT2D eigenvalue weighted by atomic mass is 79.9. The maximum absolute atomic E-state index is 8.48. The zero-order chi connectivity index (χ0) is 10.4. The van der Waals surface area contributed by atoms with Gasteiger partial charge in [-0.3, -0.25) is 0 Å². The first kappa shape index (κ1) is 11.5. The van der Waals surface area contributed by atoms with Gasteiger partial charge in [0.2, 0.25) is 0 Å². The third-order valence-electron chi connectivity index (χ3n) is 1.56. The molecule has 0 spiro atoms. The number of pyridine rings is 1. The molecule has 1 heterocycles. The van der Waals surface area contributed by atoms with E-state index >= 15 is 0 Å². The van der Waals surface area contributed by atoms with Crippen LogP contribution in [-0.2, 0) is 0 Å². The molecule has 1 aromatic heterocycles. The molecule has 0 saturated heterocycles. The van der Waals surface area contributed by atoms with Crippen LogP contribution in [0.3, 0.4) is 0 Å². The van der Waals surface area contributed by atoms with Crippen LogP contribution in [0.4, 0.5) is 0 Å². The standard InChI is InChI=1S/C9H10BrN3S/c10-8-2-1-4-13-9(8)14-5-3-7(12)6-11/h1-2,4,7H,3,5,12H2. The van der Waals surface area contributed by atoms with Crippen LogP contribution in [0.5, 0.6) is 0 Å². The van der Waals surface area contributed by atoms with Crippen molar-refractivity contribution in [3.63, 3.8) is 0 Å². The summed E-state index contributed by atoms with van der Waals surface area (Å²) in [6, 6.07) is 5.44. The third-order valence-corrected chi connectivity index (χ3v) is 3.50. The Bertz CT molecular complexity index is 337. The van der Waals surface area contributed by atoms with Crippen molar-refractivity contribution in [1.82, 2.24) is 4.98 Å². The van der Waals surface area contributed by atoms with Crippen molar-refractivity contribution in [2.45, 2.75) is 17.5 Å². The molecule has 74 valence electrons. The van der Waals surface area contributed by atoms with E-state index in [1.54, 1.807) is 18.0 Å². The quantitative estimate of drug-likeness (QED) is 0.853. The molecule has 1 aromatic rings. The largest absolute Gasteiger partial charge is 0.316 e. The summed E-state index contributed by atoms with van der Waals surface area (Å²) in [6.07, 6.45) is 2.43. The number of aromatic nitrogens is 1. The molecule has 0 amide bonds. The van der Waals surface area contributed by atoms with E-state index in [-0.39, 0.29) is 6.04 Å². The molecule has 1 atom stereocenters. The van der Waals surface area contributed by atoms with Gasteiger partial charge >= 0.3 is 0 Å². The first-order chi connectivity index (χ1) is 6.74. The molecule has 1 rings (SSSR count). The summed E-state index contributed by atoms with van der Waals surface area (Å²) in [7, 11) is 0. The van der Waals surface area contributed by atoms with E-state index in [1.165, 1.54) is 0 Å². The minimum atomic E-state index is -0.370. The molecule has 0 aromatic carbocycles.